The van der Waals surface area contributed by atoms with Crippen LogP contribution in [0.25, 0.3) is 21.7 Å². The van der Waals surface area contributed by atoms with Crippen LogP contribution in [0.4, 0.5) is 4.79 Å². The van der Waals surface area contributed by atoms with Crippen LogP contribution in [0.3, 0.4) is 0 Å². The van der Waals surface area contributed by atoms with Crippen LogP contribution in [0.15, 0.2) is 36.4 Å². The summed E-state index contributed by atoms with van der Waals surface area (Å²) in [6.07, 6.45) is 5.29. The molecular formula is C36H47N3O4S. The van der Waals surface area contributed by atoms with E-state index in [2.05, 4.69) is 55.1 Å². The van der Waals surface area contributed by atoms with Crippen molar-refractivity contribution < 1.29 is 19.0 Å². The van der Waals surface area contributed by atoms with E-state index in [9.17, 15) is 4.79 Å². The highest BCUT2D eigenvalue weighted by Crippen LogP contribution is 2.40. The smallest absolute Gasteiger partial charge is 0.410 e. The molecule has 1 amide bonds. The highest BCUT2D eigenvalue weighted by atomic mass is 32.1. The van der Waals surface area contributed by atoms with Crippen LogP contribution in [0.1, 0.15) is 68.2 Å². The Bertz CT molecular complexity index is 1490. The maximum absolute atomic E-state index is 12.7. The average molecular weight is 618 g/mol. The highest BCUT2D eigenvalue weighted by molar-refractivity contribution is 7.15. The molecule has 0 saturated carbocycles. The number of hydrogen-bond acceptors (Lipinski definition) is 7. The van der Waals surface area contributed by atoms with Crippen molar-refractivity contribution in [2.24, 2.45) is 5.41 Å². The molecule has 3 aliphatic heterocycles. The van der Waals surface area contributed by atoms with Crippen molar-refractivity contribution in [1.82, 2.24) is 14.8 Å². The molecule has 2 fully saturated rings. The SMILES string of the molecule is Cc1c(OCCCN2CCC3(CCCOC3)C2)cccc1-c1cccc(-c2nc3c(s2)CN(C(=O)OC(C)(C)C)CC3)c1C. The molecule has 3 aliphatic rings. The second-order valence-corrected chi connectivity index (χ2v) is 14.9. The Kier molecular flexibility index (Phi) is 9.05. The Hall–Kier alpha value is -2.94. The summed E-state index contributed by atoms with van der Waals surface area (Å²) in [5.74, 6) is 0.956. The van der Waals surface area contributed by atoms with E-state index in [0.717, 1.165) is 59.5 Å². The number of carbonyl (C=O) groups excluding carboxylic acids is 1. The first kappa shape index (κ1) is 31.1. The molecule has 3 aromatic rings. The zero-order valence-corrected chi connectivity index (χ0v) is 27.9. The normalized spacial score (nSPS) is 20.6. The van der Waals surface area contributed by atoms with Gasteiger partial charge < -0.3 is 24.0 Å². The van der Waals surface area contributed by atoms with Crippen molar-refractivity contribution in [2.75, 3.05) is 46.0 Å². The summed E-state index contributed by atoms with van der Waals surface area (Å²) in [4.78, 5) is 23.3. The first-order valence-corrected chi connectivity index (χ1v) is 17.0. The van der Waals surface area contributed by atoms with Crippen molar-refractivity contribution in [1.29, 1.82) is 0 Å². The number of hydrogen-bond donors (Lipinski definition) is 0. The van der Waals surface area contributed by atoms with Crippen molar-refractivity contribution in [3.05, 3.63) is 58.1 Å². The number of nitrogens with zero attached hydrogens (tertiary/aromatic N) is 3. The Morgan fingerprint density at radius 2 is 1.82 bits per heavy atom. The summed E-state index contributed by atoms with van der Waals surface area (Å²) >= 11 is 1.69. The van der Waals surface area contributed by atoms with Crippen molar-refractivity contribution in [3.8, 4) is 27.4 Å². The number of aromatic nitrogens is 1. The number of ether oxygens (including phenoxy) is 3. The van der Waals surface area contributed by atoms with Gasteiger partial charge in [-0.25, -0.2) is 9.78 Å². The van der Waals surface area contributed by atoms with Gasteiger partial charge in [0.1, 0.15) is 16.4 Å². The standard InChI is InChI=1S/C36H47N3O4S/c1-25-27(10-6-12-29(25)33-37-30-14-18-39(22-32(30)44-33)34(40)43-35(3,4)5)28-11-7-13-31(26(28)2)42-21-9-17-38-19-16-36(23-38)15-8-20-41-24-36/h6-7,10-13H,8-9,14-24H2,1-5H3. The lowest BCUT2D eigenvalue weighted by molar-refractivity contribution is -0.00225. The molecule has 1 aromatic heterocycles. The summed E-state index contributed by atoms with van der Waals surface area (Å²) in [6, 6.07) is 12.9. The summed E-state index contributed by atoms with van der Waals surface area (Å²) in [6.45, 7) is 17.2. The molecule has 7 nitrogen and oxygen atoms in total. The molecular weight excluding hydrogens is 570 g/mol. The van der Waals surface area contributed by atoms with Crippen LogP contribution in [0.2, 0.25) is 0 Å². The van der Waals surface area contributed by atoms with E-state index in [-0.39, 0.29) is 6.09 Å². The zero-order valence-electron chi connectivity index (χ0n) is 27.0. The number of amides is 1. The molecule has 0 bridgehead atoms. The largest absolute Gasteiger partial charge is 0.493 e. The minimum absolute atomic E-state index is 0.257. The van der Waals surface area contributed by atoms with Gasteiger partial charge in [0.25, 0.3) is 0 Å². The summed E-state index contributed by atoms with van der Waals surface area (Å²) in [5, 5.41) is 1.01. The van der Waals surface area contributed by atoms with E-state index >= 15 is 0 Å². The third-order valence-electron chi connectivity index (χ3n) is 9.32. The number of carbonyl (C=O) groups is 1. The molecule has 2 aromatic carbocycles. The van der Waals surface area contributed by atoms with Gasteiger partial charge in [-0.15, -0.1) is 11.3 Å². The Morgan fingerprint density at radius 3 is 2.59 bits per heavy atom. The van der Waals surface area contributed by atoms with Crippen LogP contribution in [0.5, 0.6) is 5.75 Å². The summed E-state index contributed by atoms with van der Waals surface area (Å²) in [7, 11) is 0. The van der Waals surface area contributed by atoms with Crippen LogP contribution in [-0.2, 0) is 22.4 Å². The first-order chi connectivity index (χ1) is 21.1. The fourth-order valence-electron chi connectivity index (χ4n) is 6.94. The fraction of sp³-hybridized carbons (Fsp3) is 0.556. The molecule has 0 radical (unpaired) electrons. The van der Waals surface area contributed by atoms with Crippen molar-refractivity contribution in [3.63, 3.8) is 0 Å². The van der Waals surface area contributed by atoms with Gasteiger partial charge in [0.2, 0.25) is 0 Å². The lowest BCUT2D eigenvalue weighted by atomic mass is 9.82. The Balaban J connectivity index is 1.11. The summed E-state index contributed by atoms with van der Waals surface area (Å²) in [5.41, 5.74) is 6.89. The van der Waals surface area contributed by atoms with Gasteiger partial charge >= 0.3 is 6.09 Å². The molecule has 1 spiro atoms. The lowest BCUT2D eigenvalue weighted by Crippen LogP contribution is -2.39. The van der Waals surface area contributed by atoms with Gasteiger partial charge in [-0.1, -0.05) is 30.3 Å². The Labute approximate surface area is 266 Å². The van der Waals surface area contributed by atoms with Gasteiger partial charge in [0.05, 0.1) is 25.5 Å². The number of rotatable bonds is 7. The van der Waals surface area contributed by atoms with Gasteiger partial charge in [-0.05, 0) is 95.2 Å². The van der Waals surface area contributed by atoms with Gasteiger partial charge in [0, 0.05) is 48.5 Å². The third kappa shape index (κ3) is 6.82. The van der Waals surface area contributed by atoms with Crippen molar-refractivity contribution >= 4 is 17.4 Å². The molecule has 1 unspecified atom stereocenters. The second-order valence-electron chi connectivity index (χ2n) is 13.8. The van der Waals surface area contributed by atoms with E-state index in [4.69, 9.17) is 19.2 Å². The quantitative estimate of drug-likeness (QED) is 0.254. The van der Waals surface area contributed by atoms with Crippen LogP contribution < -0.4 is 4.74 Å². The molecule has 0 aliphatic carbocycles. The van der Waals surface area contributed by atoms with E-state index in [1.54, 1.807) is 16.2 Å². The van der Waals surface area contributed by atoms with E-state index in [1.165, 1.54) is 54.6 Å². The highest BCUT2D eigenvalue weighted by Gasteiger charge is 2.39. The minimum Gasteiger partial charge on any atom is -0.493 e. The van der Waals surface area contributed by atoms with E-state index in [1.807, 2.05) is 20.8 Å². The third-order valence-corrected chi connectivity index (χ3v) is 10.4. The zero-order chi connectivity index (χ0) is 30.9. The predicted molar refractivity (Wildman–Crippen MR) is 176 cm³/mol. The first-order valence-electron chi connectivity index (χ1n) is 16.2. The topological polar surface area (TPSA) is 64.1 Å². The van der Waals surface area contributed by atoms with Gasteiger partial charge in [-0.3, -0.25) is 0 Å². The number of thiazole rings is 1. The second kappa shape index (κ2) is 12.8. The van der Waals surface area contributed by atoms with Crippen LogP contribution in [-0.4, -0.2) is 72.5 Å². The molecule has 4 heterocycles. The van der Waals surface area contributed by atoms with Crippen LogP contribution >= 0.6 is 11.3 Å². The van der Waals surface area contributed by atoms with Crippen LogP contribution in [0, 0.1) is 19.3 Å². The monoisotopic (exact) mass is 617 g/mol. The van der Waals surface area contributed by atoms with E-state index < -0.39 is 5.60 Å². The fourth-order valence-corrected chi connectivity index (χ4v) is 8.14. The minimum atomic E-state index is -0.504. The molecule has 2 saturated heterocycles. The van der Waals surface area contributed by atoms with E-state index in [0.29, 0.717) is 25.1 Å². The molecule has 236 valence electrons. The van der Waals surface area contributed by atoms with Gasteiger partial charge in [-0.2, -0.15) is 0 Å². The number of likely N-dealkylation sites (tertiary alicyclic amines) is 1. The van der Waals surface area contributed by atoms with Crippen molar-refractivity contribution in [2.45, 2.75) is 78.9 Å². The maximum atomic E-state index is 12.7. The summed E-state index contributed by atoms with van der Waals surface area (Å²) < 4.78 is 17.8. The van der Waals surface area contributed by atoms with Gasteiger partial charge in [0.15, 0.2) is 0 Å². The molecule has 44 heavy (non-hydrogen) atoms. The molecule has 8 heteroatoms. The molecule has 0 N–H and O–H groups in total. The molecule has 1 atom stereocenters. The number of fused-ring (bicyclic) bond motifs is 1. The number of benzene rings is 2. The predicted octanol–water partition coefficient (Wildman–Crippen LogP) is 7.66. The average Bonchev–Trinajstić information content (AvgIpc) is 3.59. The Morgan fingerprint density at radius 1 is 1.05 bits per heavy atom. The molecule has 6 rings (SSSR count). The maximum Gasteiger partial charge on any atom is 0.410 e. The lowest BCUT2D eigenvalue weighted by Gasteiger charge is -2.33.